The van der Waals surface area contributed by atoms with E-state index < -0.39 is 6.03 Å². The molecule has 126 valence electrons. The van der Waals surface area contributed by atoms with Crippen LogP contribution in [0.2, 0.25) is 0 Å². The summed E-state index contributed by atoms with van der Waals surface area (Å²) in [5.74, 6) is -0.0793. The molecule has 0 saturated heterocycles. The predicted octanol–water partition coefficient (Wildman–Crippen LogP) is 2.70. The van der Waals surface area contributed by atoms with E-state index in [1.165, 1.54) is 16.9 Å². The largest absolute Gasteiger partial charge is 0.355 e. The molecule has 2 aromatic rings. The lowest BCUT2D eigenvalue weighted by atomic mass is 9.96. The number of carbonyl (C=O) groups excluding carboxylic acids is 2. The van der Waals surface area contributed by atoms with E-state index in [0.29, 0.717) is 6.54 Å². The molecule has 0 radical (unpaired) electrons. The van der Waals surface area contributed by atoms with Gasteiger partial charge in [0, 0.05) is 16.8 Å². The summed E-state index contributed by atoms with van der Waals surface area (Å²) in [5.41, 5.74) is 6.58. The number of rotatable bonds is 7. The summed E-state index contributed by atoms with van der Waals surface area (Å²) in [6, 6.07) is 13.1. The Kier molecular flexibility index (Phi) is 4.85. The zero-order valence-corrected chi connectivity index (χ0v) is 14.1. The highest BCUT2D eigenvalue weighted by Gasteiger charge is 2.44. The first-order chi connectivity index (χ1) is 11.6. The molecule has 24 heavy (non-hydrogen) atoms. The van der Waals surface area contributed by atoms with Gasteiger partial charge in [0.25, 0.3) is 0 Å². The highest BCUT2D eigenvalue weighted by Crippen LogP contribution is 2.47. The van der Waals surface area contributed by atoms with E-state index in [1.807, 2.05) is 35.7 Å². The van der Waals surface area contributed by atoms with Crippen LogP contribution in [0.3, 0.4) is 0 Å². The average Bonchev–Trinajstić information content (AvgIpc) is 3.16. The van der Waals surface area contributed by atoms with Crippen LogP contribution in [-0.2, 0) is 10.2 Å². The fourth-order valence-electron chi connectivity index (χ4n) is 2.92. The van der Waals surface area contributed by atoms with Gasteiger partial charge in [0.1, 0.15) is 0 Å². The normalized spacial score (nSPS) is 16.2. The highest BCUT2D eigenvalue weighted by molar-refractivity contribution is 7.10. The molecule has 4 N–H and O–H groups in total. The molecule has 1 fully saturated rings. The quantitative estimate of drug-likeness (QED) is 0.722. The molecule has 3 amide bonds. The average molecular weight is 343 g/mol. The van der Waals surface area contributed by atoms with Crippen LogP contribution >= 0.6 is 11.3 Å². The van der Waals surface area contributed by atoms with E-state index in [9.17, 15) is 9.59 Å². The standard InChI is InChI=1S/C18H21N3O2S/c19-17(23)21-14(15-7-4-10-24-15)11-16(22)20-12-18(8-9-18)13-5-2-1-3-6-13/h1-7,10,14H,8-9,11-12H2,(H,20,22)(H3,19,21,23). The van der Waals surface area contributed by atoms with Gasteiger partial charge in [-0.1, -0.05) is 36.4 Å². The Balaban J connectivity index is 1.58. The molecule has 1 aromatic heterocycles. The second-order valence-electron chi connectivity index (χ2n) is 6.20. The minimum Gasteiger partial charge on any atom is -0.355 e. The van der Waals surface area contributed by atoms with Crippen LogP contribution in [0, 0.1) is 0 Å². The fourth-order valence-corrected chi connectivity index (χ4v) is 3.70. The van der Waals surface area contributed by atoms with E-state index in [0.717, 1.165) is 17.7 Å². The van der Waals surface area contributed by atoms with E-state index >= 15 is 0 Å². The third-order valence-corrected chi connectivity index (χ3v) is 5.44. The van der Waals surface area contributed by atoms with Crippen molar-refractivity contribution in [2.45, 2.75) is 30.7 Å². The number of benzene rings is 1. The SMILES string of the molecule is NC(=O)NC(CC(=O)NCC1(c2ccccc2)CC1)c1cccs1. The van der Waals surface area contributed by atoms with Gasteiger partial charge in [0.15, 0.2) is 0 Å². The fraction of sp³-hybridized carbons (Fsp3) is 0.333. The maximum atomic E-state index is 12.3. The molecule has 3 rings (SSSR count). The lowest BCUT2D eigenvalue weighted by Gasteiger charge is -2.19. The predicted molar refractivity (Wildman–Crippen MR) is 94.8 cm³/mol. The van der Waals surface area contributed by atoms with Gasteiger partial charge in [-0.05, 0) is 29.9 Å². The Labute approximate surface area is 145 Å². The van der Waals surface area contributed by atoms with Crippen molar-refractivity contribution < 1.29 is 9.59 Å². The Morgan fingerprint density at radius 2 is 1.92 bits per heavy atom. The van der Waals surface area contributed by atoms with E-state index in [-0.39, 0.29) is 23.8 Å². The van der Waals surface area contributed by atoms with Gasteiger partial charge >= 0.3 is 6.03 Å². The summed E-state index contributed by atoms with van der Waals surface area (Å²) < 4.78 is 0. The molecule has 1 aliphatic rings. The van der Waals surface area contributed by atoms with Crippen molar-refractivity contribution in [3.8, 4) is 0 Å². The van der Waals surface area contributed by atoms with E-state index in [2.05, 4.69) is 22.8 Å². The van der Waals surface area contributed by atoms with E-state index in [4.69, 9.17) is 5.73 Å². The van der Waals surface area contributed by atoms with Gasteiger partial charge in [-0.25, -0.2) is 4.79 Å². The molecule has 1 unspecified atom stereocenters. The number of nitrogens with one attached hydrogen (secondary N) is 2. The van der Waals surface area contributed by atoms with Crippen LogP contribution in [0.25, 0.3) is 0 Å². The zero-order chi connectivity index (χ0) is 17.0. The summed E-state index contributed by atoms with van der Waals surface area (Å²) in [4.78, 5) is 24.4. The van der Waals surface area contributed by atoms with Crippen molar-refractivity contribution >= 4 is 23.3 Å². The smallest absolute Gasteiger partial charge is 0.312 e. The molecule has 6 heteroatoms. The van der Waals surface area contributed by atoms with Crippen molar-refractivity contribution in [2.75, 3.05) is 6.54 Å². The van der Waals surface area contributed by atoms with Crippen molar-refractivity contribution in [1.82, 2.24) is 10.6 Å². The van der Waals surface area contributed by atoms with Gasteiger partial charge in [-0.2, -0.15) is 0 Å². The van der Waals surface area contributed by atoms with Crippen molar-refractivity contribution in [3.05, 3.63) is 58.3 Å². The molecule has 0 spiro atoms. The Morgan fingerprint density at radius 1 is 1.17 bits per heavy atom. The van der Waals surface area contributed by atoms with Crippen LogP contribution < -0.4 is 16.4 Å². The minimum absolute atomic E-state index is 0.0759. The molecular formula is C18H21N3O2S. The maximum Gasteiger partial charge on any atom is 0.312 e. The molecule has 5 nitrogen and oxygen atoms in total. The summed E-state index contributed by atoms with van der Waals surface area (Å²) >= 11 is 1.50. The summed E-state index contributed by atoms with van der Waals surface area (Å²) in [6.07, 6.45) is 2.37. The van der Waals surface area contributed by atoms with Crippen LogP contribution in [0.15, 0.2) is 47.8 Å². The number of urea groups is 1. The molecule has 1 aliphatic carbocycles. The highest BCUT2D eigenvalue weighted by atomic mass is 32.1. The van der Waals surface area contributed by atoms with Gasteiger partial charge in [-0.3, -0.25) is 4.79 Å². The number of hydrogen-bond donors (Lipinski definition) is 3. The van der Waals surface area contributed by atoms with Gasteiger partial charge < -0.3 is 16.4 Å². The third-order valence-electron chi connectivity index (χ3n) is 4.46. The summed E-state index contributed by atoms with van der Waals surface area (Å²) in [7, 11) is 0. The third kappa shape index (κ3) is 3.94. The first-order valence-electron chi connectivity index (χ1n) is 8.01. The first kappa shape index (κ1) is 16.5. The monoisotopic (exact) mass is 343 g/mol. The molecule has 1 saturated carbocycles. The van der Waals surface area contributed by atoms with Crippen LogP contribution in [-0.4, -0.2) is 18.5 Å². The second-order valence-corrected chi connectivity index (χ2v) is 7.18. The second kappa shape index (κ2) is 7.05. The summed E-state index contributed by atoms with van der Waals surface area (Å²) in [6.45, 7) is 0.629. The number of thiophene rings is 1. The first-order valence-corrected chi connectivity index (χ1v) is 8.89. The lowest BCUT2D eigenvalue weighted by Crippen LogP contribution is -2.38. The minimum atomic E-state index is -0.621. The molecule has 1 heterocycles. The summed E-state index contributed by atoms with van der Waals surface area (Å²) in [5, 5.41) is 7.58. The molecule has 0 bridgehead atoms. The molecule has 0 aliphatic heterocycles. The Bertz CT molecular complexity index is 696. The zero-order valence-electron chi connectivity index (χ0n) is 13.3. The Hall–Kier alpha value is -2.34. The number of primary amides is 1. The van der Waals surface area contributed by atoms with Crippen LogP contribution in [0.4, 0.5) is 4.79 Å². The van der Waals surface area contributed by atoms with Crippen molar-refractivity contribution in [2.24, 2.45) is 5.73 Å². The molecule has 1 aromatic carbocycles. The van der Waals surface area contributed by atoms with Gasteiger partial charge in [-0.15, -0.1) is 11.3 Å². The Morgan fingerprint density at radius 3 is 2.50 bits per heavy atom. The lowest BCUT2D eigenvalue weighted by molar-refractivity contribution is -0.121. The number of hydrogen-bond acceptors (Lipinski definition) is 3. The van der Waals surface area contributed by atoms with E-state index in [1.54, 1.807) is 0 Å². The molecule has 1 atom stereocenters. The van der Waals surface area contributed by atoms with Crippen molar-refractivity contribution in [3.63, 3.8) is 0 Å². The van der Waals surface area contributed by atoms with Crippen molar-refractivity contribution in [1.29, 1.82) is 0 Å². The number of nitrogens with two attached hydrogens (primary N) is 1. The number of carbonyl (C=O) groups is 2. The van der Waals surface area contributed by atoms with Gasteiger partial charge in [0.05, 0.1) is 12.5 Å². The number of amides is 3. The maximum absolute atomic E-state index is 12.3. The molecular weight excluding hydrogens is 322 g/mol. The van der Waals surface area contributed by atoms with Gasteiger partial charge in [0.2, 0.25) is 5.91 Å². The van der Waals surface area contributed by atoms with Crippen LogP contribution in [0.1, 0.15) is 35.7 Å². The van der Waals surface area contributed by atoms with Crippen LogP contribution in [0.5, 0.6) is 0 Å². The topological polar surface area (TPSA) is 84.2 Å².